The highest BCUT2D eigenvalue weighted by Crippen LogP contribution is 2.10. The van der Waals surface area contributed by atoms with E-state index >= 15 is 0 Å². The van der Waals surface area contributed by atoms with Crippen molar-refractivity contribution < 1.29 is 4.79 Å². The van der Waals surface area contributed by atoms with E-state index in [1.165, 1.54) is 51.4 Å². The fourth-order valence-electron chi connectivity index (χ4n) is 1.68. The van der Waals surface area contributed by atoms with E-state index in [4.69, 9.17) is 11.6 Å². The average molecular weight is 245 g/mol. The van der Waals surface area contributed by atoms with Gasteiger partial charge in [0.05, 0.1) is 0 Å². The van der Waals surface area contributed by atoms with E-state index in [1.54, 1.807) is 6.92 Å². The zero-order chi connectivity index (χ0) is 12.2. The minimum absolute atomic E-state index is 0.320. The van der Waals surface area contributed by atoms with Crippen molar-refractivity contribution in [3.05, 3.63) is 11.6 Å². The first-order valence-corrected chi connectivity index (χ1v) is 6.93. The minimum Gasteiger partial charge on any atom is -0.276 e. The van der Waals surface area contributed by atoms with Gasteiger partial charge in [0.25, 0.3) is 0 Å². The summed E-state index contributed by atoms with van der Waals surface area (Å²) in [7, 11) is 0. The predicted molar refractivity (Wildman–Crippen MR) is 71.8 cm³/mol. The summed E-state index contributed by atoms with van der Waals surface area (Å²) in [5.41, 5.74) is 0.685. The Kier molecular flexibility index (Phi) is 11.0. The molecule has 0 amide bonds. The molecule has 2 heteroatoms. The third-order valence-corrected chi connectivity index (χ3v) is 3.12. The number of rotatable bonds is 10. The van der Waals surface area contributed by atoms with Crippen molar-refractivity contribution in [1.29, 1.82) is 0 Å². The second-order valence-electron chi connectivity index (χ2n) is 4.42. The third-order valence-electron chi connectivity index (χ3n) is 2.82. The van der Waals surface area contributed by atoms with E-state index in [0.29, 0.717) is 5.57 Å². The van der Waals surface area contributed by atoms with Crippen LogP contribution in [-0.2, 0) is 4.79 Å². The van der Waals surface area contributed by atoms with Crippen LogP contribution in [0.5, 0.6) is 0 Å². The number of carbonyl (C=O) groups is 1. The number of carbonyl (C=O) groups excluding carboxylic acids is 1. The molecule has 0 heterocycles. The molecule has 0 rings (SSSR count). The molecule has 0 aliphatic rings. The molecule has 0 aromatic heterocycles. The van der Waals surface area contributed by atoms with Gasteiger partial charge in [-0.25, -0.2) is 0 Å². The van der Waals surface area contributed by atoms with E-state index in [0.717, 1.165) is 6.42 Å². The second kappa shape index (κ2) is 11.2. The highest BCUT2D eigenvalue weighted by Gasteiger charge is 1.97. The molecular weight excluding hydrogens is 220 g/mol. The van der Waals surface area contributed by atoms with Gasteiger partial charge >= 0.3 is 0 Å². The molecule has 1 nitrogen and oxygen atoms in total. The van der Waals surface area contributed by atoms with Gasteiger partial charge in [0.1, 0.15) is 0 Å². The highest BCUT2D eigenvalue weighted by atomic mass is 35.5. The van der Waals surface area contributed by atoms with Crippen LogP contribution in [0.4, 0.5) is 0 Å². The predicted octanol–water partition coefficient (Wildman–Crippen LogP) is 5.23. The molecule has 0 aliphatic carbocycles. The smallest absolute Gasteiger partial charge is 0.247 e. The molecule has 94 valence electrons. The first-order chi connectivity index (χ1) is 7.68. The lowest BCUT2D eigenvalue weighted by Crippen LogP contribution is -1.87. The standard InChI is InChI=1S/C14H25ClO/c1-3-4-5-6-7-8-9-10-11-12-13(2)14(15)16/h12H,3-11H2,1-2H3. The van der Waals surface area contributed by atoms with Gasteiger partial charge in [-0.2, -0.15) is 0 Å². The molecule has 0 bridgehead atoms. The summed E-state index contributed by atoms with van der Waals surface area (Å²) in [5, 5.41) is -0.320. The van der Waals surface area contributed by atoms with Crippen molar-refractivity contribution in [2.45, 2.75) is 71.6 Å². The average Bonchev–Trinajstić information content (AvgIpc) is 2.26. The summed E-state index contributed by atoms with van der Waals surface area (Å²) in [6.07, 6.45) is 13.5. The molecule has 0 N–H and O–H groups in total. The summed E-state index contributed by atoms with van der Waals surface area (Å²) in [6.45, 7) is 4.02. The first kappa shape index (κ1) is 15.7. The van der Waals surface area contributed by atoms with Gasteiger partial charge < -0.3 is 0 Å². The van der Waals surface area contributed by atoms with Crippen LogP contribution in [0.25, 0.3) is 0 Å². The molecule has 0 aromatic carbocycles. The Morgan fingerprint density at radius 3 is 2.00 bits per heavy atom. The fourth-order valence-corrected chi connectivity index (χ4v) is 1.75. The summed E-state index contributed by atoms with van der Waals surface area (Å²) in [4.78, 5) is 10.7. The van der Waals surface area contributed by atoms with Crippen molar-refractivity contribution in [2.24, 2.45) is 0 Å². The third kappa shape index (κ3) is 10.2. The van der Waals surface area contributed by atoms with Crippen molar-refractivity contribution in [3.63, 3.8) is 0 Å². The highest BCUT2D eigenvalue weighted by molar-refractivity contribution is 6.67. The summed E-state index contributed by atoms with van der Waals surface area (Å²) >= 11 is 5.33. The second-order valence-corrected chi connectivity index (χ2v) is 4.77. The van der Waals surface area contributed by atoms with Crippen LogP contribution in [-0.4, -0.2) is 5.24 Å². The van der Waals surface area contributed by atoms with Gasteiger partial charge in [-0.05, 0) is 31.4 Å². The van der Waals surface area contributed by atoms with Crippen LogP contribution in [0.3, 0.4) is 0 Å². The van der Waals surface area contributed by atoms with Gasteiger partial charge in [-0.1, -0.05) is 57.9 Å². The van der Waals surface area contributed by atoms with Crippen molar-refractivity contribution in [2.75, 3.05) is 0 Å². The first-order valence-electron chi connectivity index (χ1n) is 6.55. The Balaban J connectivity index is 3.21. The molecule has 0 aromatic rings. The lowest BCUT2D eigenvalue weighted by Gasteiger charge is -2.00. The largest absolute Gasteiger partial charge is 0.276 e. The van der Waals surface area contributed by atoms with Crippen molar-refractivity contribution in [1.82, 2.24) is 0 Å². The summed E-state index contributed by atoms with van der Waals surface area (Å²) in [6, 6.07) is 0. The monoisotopic (exact) mass is 244 g/mol. The van der Waals surface area contributed by atoms with Crippen LogP contribution >= 0.6 is 11.6 Å². The van der Waals surface area contributed by atoms with E-state index in [9.17, 15) is 4.79 Å². The Labute approximate surface area is 105 Å². The Morgan fingerprint density at radius 1 is 1.00 bits per heavy atom. The van der Waals surface area contributed by atoms with Crippen LogP contribution in [0.2, 0.25) is 0 Å². The summed E-state index contributed by atoms with van der Waals surface area (Å²) in [5.74, 6) is 0. The zero-order valence-corrected chi connectivity index (χ0v) is 11.5. The van der Waals surface area contributed by atoms with Crippen molar-refractivity contribution in [3.8, 4) is 0 Å². The maximum Gasteiger partial charge on any atom is 0.247 e. The van der Waals surface area contributed by atoms with Crippen molar-refractivity contribution >= 4 is 16.8 Å². The summed E-state index contributed by atoms with van der Waals surface area (Å²) < 4.78 is 0. The number of unbranched alkanes of at least 4 members (excludes halogenated alkanes) is 8. The minimum atomic E-state index is -0.320. The number of hydrogen-bond donors (Lipinski definition) is 0. The lowest BCUT2D eigenvalue weighted by molar-refractivity contribution is -0.108. The molecule has 16 heavy (non-hydrogen) atoms. The van der Waals surface area contributed by atoms with Crippen LogP contribution in [0.15, 0.2) is 11.6 Å². The Hall–Kier alpha value is -0.300. The zero-order valence-electron chi connectivity index (χ0n) is 10.7. The van der Waals surface area contributed by atoms with E-state index in [-0.39, 0.29) is 5.24 Å². The molecule has 0 aliphatic heterocycles. The molecular formula is C14H25ClO. The number of halogens is 1. The maximum atomic E-state index is 10.7. The van der Waals surface area contributed by atoms with Gasteiger partial charge in [0.15, 0.2) is 0 Å². The molecule has 0 saturated heterocycles. The van der Waals surface area contributed by atoms with Gasteiger partial charge in [-0.3, -0.25) is 4.79 Å². The molecule has 0 spiro atoms. The molecule has 0 atom stereocenters. The Morgan fingerprint density at radius 2 is 1.50 bits per heavy atom. The lowest BCUT2D eigenvalue weighted by atomic mass is 10.1. The van der Waals surface area contributed by atoms with Gasteiger partial charge in [0.2, 0.25) is 5.24 Å². The fraction of sp³-hybridized carbons (Fsp3) is 0.786. The number of hydrogen-bond acceptors (Lipinski definition) is 1. The molecule has 0 fully saturated rings. The Bertz CT molecular complexity index is 209. The maximum absolute atomic E-state index is 10.7. The quantitative estimate of drug-likeness (QED) is 0.292. The molecule has 0 saturated carbocycles. The van der Waals surface area contributed by atoms with Crippen LogP contribution < -0.4 is 0 Å². The van der Waals surface area contributed by atoms with Crippen LogP contribution in [0, 0.1) is 0 Å². The molecule has 0 unspecified atom stereocenters. The van der Waals surface area contributed by atoms with E-state index in [1.807, 2.05) is 6.08 Å². The van der Waals surface area contributed by atoms with Gasteiger partial charge in [0, 0.05) is 5.57 Å². The van der Waals surface area contributed by atoms with E-state index in [2.05, 4.69) is 6.92 Å². The van der Waals surface area contributed by atoms with E-state index < -0.39 is 0 Å². The number of allylic oxidation sites excluding steroid dienone is 2. The van der Waals surface area contributed by atoms with Crippen LogP contribution in [0.1, 0.15) is 71.6 Å². The topological polar surface area (TPSA) is 17.1 Å². The molecule has 0 radical (unpaired) electrons. The normalized spacial score (nSPS) is 11.8. The SMILES string of the molecule is CCCCCCCCCCC=C(C)C(=O)Cl. The van der Waals surface area contributed by atoms with Gasteiger partial charge in [-0.15, -0.1) is 0 Å².